The molecule has 0 bridgehead atoms. The van der Waals surface area contributed by atoms with Crippen molar-refractivity contribution in [3.05, 3.63) is 76.0 Å². The second-order valence-corrected chi connectivity index (χ2v) is 9.58. The molecule has 2 aromatic carbocycles. The van der Waals surface area contributed by atoms with Gasteiger partial charge in [0.2, 0.25) is 0 Å². The summed E-state index contributed by atoms with van der Waals surface area (Å²) < 4.78 is 5.61. The van der Waals surface area contributed by atoms with E-state index in [4.69, 9.17) is 28.6 Å². The Bertz CT molecular complexity index is 1120. The average molecular weight is 524 g/mol. The first-order chi connectivity index (χ1) is 17.6. The van der Waals surface area contributed by atoms with Gasteiger partial charge in [0, 0.05) is 48.3 Å². The highest BCUT2D eigenvalue weighted by Gasteiger charge is 2.25. The van der Waals surface area contributed by atoms with Crippen LogP contribution in [-0.2, 0) is 4.74 Å². The Balaban J connectivity index is 1.50. The van der Waals surface area contributed by atoms with Crippen molar-refractivity contribution in [2.24, 2.45) is 5.10 Å². The fourth-order valence-corrected chi connectivity index (χ4v) is 4.90. The Labute approximate surface area is 224 Å². The summed E-state index contributed by atoms with van der Waals surface area (Å²) in [5.74, 6) is 0. The lowest BCUT2D eigenvalue weighted by Crippen LogP contribution is -2.36. The maximum Gasteiger partial charge on any atom is 0.191 e. The van der Waals surface area contributed by atoms with Crippen molar-refractivity contribution >= 4 is 52.6 Å². The van der Waals surface area contributed by atoms with Crippen LogP contribution in [0, 0.1) is 0 Å². The monoisotopic (exact) mass is 523 g/mol. The Morgan fingerprint density at radius 3 is 2.42 bits per heavy atom. The van der Waals surface area contributed by atoms with Gasteiger partial charge in [0.1, 0.15) is 0 Å². The van der Waals surface area contributed by atoms with Gasteiger partial charge >= 0.3 is 0 Å². The van der Waals surface area contributed by atoms with Crippen molar-refractivity contribution in [1.82, 2.24) is 10.3 Å². The molecule has 1 heterocycles. The number of rotatable bonds is 8. The molecule has 2 aromatic rings. The summed E-state index contributed by atoms with van der Waals surface area (Å²) in [5.41, 5.74) is 10.1. The molecular weight excluding hydrogens is 490 g/mol. The van der Waals surface area contributed by atoms with Crippen LogP contribution in [0.3, 0.4) is 0 Å². The van der Waals surface area contributed by atoms with Gasteiger partial charge in [0.25, 0.3) is 0 Å². The molecule has 0 saturated carbocycles. The highest BCUT2D eigenvalue weighted by molar-refractivity contribution is 7.80. The zero-order valence-electron chi connectivity index (χ0n) is 21.0. The number of hydrazone groups is 1. The average Bonchev–Trinajstić information content (AvgIpc) is 3.29. The lowest BCUT2D eigenvalue weighted by Gasteiger charge is -2.31. The van der Waals surface area contributed by atoms with Crippen LogP contribution in [0.5, 0.6) is 0 Å². The topological polar surface area (TPSA) is 52.1 Å². The minimum Gasteiger partial charge on any atom is -0.378 e. The molecule has 1 saturated heterocycles. The summed E-state index contributed by atoms with van der Waals surface area (Å²) in [6.45, 7) is 9.65. The minimum absolute atomic E-state index is 0.434. The number of allylic oxidation sites excluding steroid dienone is 2. The maximum atomic E-state index is 5.95. The third-order valence-electron chi connectivity index (χ3n) is 6.45. The van der Waals surface area contributed by atoms with E-state index in [0.29, 0.717) is 10.1 Å². The Morgan fingerprint density at radius 2 is 1.75 bits per heavy atom. The minimum atomic E-state index is 0.434. The van der Waals surface area contributed by atoms with Crippen LogP contribution in [-0.4, -0.2) is 55.6 Å². The molecule has 0 radical (unpaired) electrons. The number of hydrogen-bond acceptors (Lipinski definition) is 5. The molecule has 0 atom stereocenters. The SMILES string of the molecule is CCN(CC)c1ccc(/C=C2\CCC(/C=N/NC(=S)Nc3ccc(Cl)cc3)=C2N2CCOCC2)cc1. The first-order valence-corrected chi connectivity index (χ1v) is 13.3. The van der Waals surface area contributed by atoms with Crippen molar-refractivity contribution in [2.45, 2.75) is 26.7 Å². The van der Waals surface area contributed by atoms with Crippen LogP contribution in [0.2, 0.25) is 5.02 Å². The number of thiocarbonyl (C=S) groups is 1. The molecule has 2 N–H and O–H groups in total. The van der Waals surface area contributed by atoms with Gasteiger partial charge in [-0.25, -0.2) is 0 Å². The standard InChI is InChI=1S/C28H34ClN5OS/c1-3-33(4-2)26-13-5-21(6-14-26)19-22-7-8-23(27(22)34-15-17-35-18-16-34)20-30-32-28(36)31-25-11-9-24(29)10-12-25/h5-6,9-14,19-20H,3-4,7-8,15-18H2,1-2H3,(H2,31,32,36)/b22-19+,30-20+. The molecule has 0 unspecified atom stereocenters. The van der Waals surface area contributed by atoms with Gasteiger partial charge in [0.05, 0.1) is 19.4 Å². The Kier molecular flexibility index (Phi) is 9.39. The van der Waals surface area contributed by atoms with E-state index >= 15 is 0 Å². The van der Waals surface area contributed by atoms with Gasteiger partial charge in [-0.1, -0.05) is 23.7 Å². The fraction of sp³-hybridized carbons (Fsp3) is 0.357. The second-order valence-electron chi connectivity index (χ2n) is 8.74. The van der Waals surface area contributed by atoms with Gasteiger partial charge < -0.3 is 19.9 Å². The second kappa shape index (κ2) is 12.9. The van der Waals surface area contributed by atoms with E-state index in [-0.39, 0.29) is 0 Å². The third-order valence-corrected chi connectivity index (χ3v) is 6.90. The van der Waals surface area contributed by atoms with Gasteiger partial charge in [-0.15, -0.1) is 0 Å². The first-order valence-electron chi connectivity index (χ1n) is 12.5. The quantitative estimate of drug-likeness (QED) is 0.254. The molecule has 190 valence electrons. The highest BCUT2D eigenvalue weighted by atomic mass is 35.5. The van der Waals surface area contributed by atoms with Gasteiger partial charge in [-0.05, 0) is 98.1 Å². The van der Waals surface area contributed by atoms with Crippen molar-refractivity contribution in [3.63, 3.8) is 0 Å². The summed E-state index contributed by atoms with van der Waals surface area (Å²) in [6, 6.07) is 16.2. The van der Waals surface area contributed by atoms with E-state index in [1.165, 1.54) is 28.1 Å². The normalized spacial score (nSPS) is 17.2. The number of ether oxygens (including phenoxy) is 1. The number of halogens is 1. The van der Waals surface area contributed by atoms with Crippen LogP contribution >= 0.6 is 23.8 Å². The summed E-state index contributed by atoms with van der Waals surface area (Å²) in [6.07, 6.45) is 6.15. The van der Waals surface area contributed by atoms with E-state index in [1.807, 2.05) is 30.5 Å². The number of nitrogens with one attached hydrogen (secondary N) is 2. The molecule has 1 fully saturated rings. The van der Waals surface area contributed by atoms with E-state index < -0.39 is 0 Å². The molecular formula is C28H34ClN5OS. The van der Waals surface area contributed by atoms with Gasteiger partial charge in [0.15, 0.2) is 5.11 Å². The van der Waals surface area contributed by atoms with Crippen LogP contribution in [0.4, 0.5) is 11.4 Å². The van der Waals surface area contributed by atoms with E-state index in [0.717, 1.165) is 57.9 Å². The molecule has 0 aromatic heterocycles. The zero-order valence-corrected chi connectivity index (χ0v) is 22.5. The molecule has 8 heteroatoms. The van der Waals surface area contributed by atoms with Gasteiger partial charge in [-0.3, -0.25) is 5.43 Å². The summed E-state index contributed by atoms with van der Waals surface area (Å²) >= 11 is 11.3. The lowest BCUT2D eigenvalue weighted by molar-refractivity contribution is 0.0548. The van der Waals surface area contributed by atoms with E-state index in [2.05, 4.69) is 69.8 Å². The van der Waals surface area contributed by atoms with Crippen LogP contribution in [0.25, 0.3) is 6.08 Å². The van der Waals surface area contributed by atoms with Crippen molar-refractivity contribution < 1.29 is 4.74 Å². The highest BCUT2D eigenvalue weighted by Crippen LogP contribution is 2.35. The lowest BCUT2D eigenvalue weighted by atomic mass is 10.1. The maximum absolute atomic E-state index is 5.95. The molecule has 2 aliphatic rings. The van der Waals surface area contributed by atoms with Gasteiger partial charge in [-0.2, -0.15) is 5.10 Å². The van der Waals surface area contributed by atoms with Crippen molar-refractivity contribution in [2.75, 3.05) is 49.6 Å². The molecule has 4 rings (SSSR count). The zero-order chi connectivity index (χ0) is 25.3. The smallest absolute Gasteiger partial charge is 0.191 e. The summed E-state index contributed by atoms with van der Waals surface area (Å²) in [5, 5.41) is 8.69. The van der Waals surface area contributed by atoms with Crippen LogP contribution < -0.4 is 15.6 Å². The molecule has 1 aliphatic carbocycles. The number of anilines is 2. The predicted octanol–water partition coefficient (Wildman–Crippen LogP) is 5.92. The molecule has 1 aliphatic heterocycles. The number of nitrogens with zero attached hydrogens (tertiary/aromatic N) is 3. The fourth-order valence-electron chi connectivity index (χ4n) is 4.60. The van der Waals surface area contributed by atoms with Crippen molar-refractivity contribution in [3.8, 4) is 0 Å². The Hall–Kier alpha value is -2.87. The van der Waals surface area contributed by atoms with Crippen LogP contribution in [0.1, 0.15) is 32.3 Å². The number of hydrogen-bond donors (Lipinski definition) is 2. The van der Waals surface area contributed by atoms with E-state index in [9.17, 15) is 0 Å². The number of benzene rings is 2. The molecule has 0 amide bonds. The Morgan fingerprint density at radius 1 is 1.06 bits per heavy atom. The summed E-state index contributed by atoms with van der Waals surface area (Å²) in [7, 11) is 0. The largest absolute Gasteiger partial charge is 0.378 e. The third kappa shape index (κ3) is 6.87. The molecule has 36 heavy (non-hydrogen) atoms. The van der Waals surface area contributed by atoms with Crippen LogP contribution in [0.15, 0.2) is 70.5 Å². The van der Waals surface area contributed by atoms with E-state index in [1.54, 1.807) is 0 Å². The molecule has 6 nitrogen and oxygen atoms in total. The molecule has 0 spiro atoms. The predicted molar refractivity (Wildman–Crippen MR) is 156 cm³/mol. The first kappa shape index (κ1) is 26.2. The summed E-state index contributed by atoms with van der Waals surface area (Å²) in [4.78, 5) is 4.79. The van der Waals surface area contributed by atoms with Crippen molar-refractivity contribution in [1.29, 1.82) is 0 Å². The number of morpholine rings is 1.